The summed E-state index contributed by atoms with van der Waals surface area (Å²) in [5.41, 5.74) is 2.18. The normalized spacial score (nSPS) is 23.5. The molecule has 1 unspecified atom stereocenters. The van der Waals surface area contributed by atoms with Gasteiger partial charge in [-0.25, -0.2) is 4.79 Å². The standard InChI is InChI=1S/C25H35N5O4/c1-25(2,3)34-24(33)29(4)17-9-6-15(7-10-17)26-16-8-11-18-20(14-16)30(5)28-22(18)19-12-13-21(31)27-23(19)32/h8,11,14-15,17,19,26H,6-7,9-10,12-13H2,1-5H3,(H,27,31,32). The molecule has 1 aliphatic heterocycles. The molecule has 0 bridgehead atoms. The fourth-order valence-corrected chi connectivity index (χ4v) is 4.91. The lowest BCUT2D eigenvalue weighted by Gasteiger charge is -2.36. The highest BCUT2D eigenvalue weighted by atomic mass is 16.6. The second kappa shape index (κ2) is 9.27. The van der Waals surface area contributed by atoms with Crippen molar-refractivity contribution >= 4 is 34.5 Å². The highest BCUT2D eigenvalue weighted by Crippen LogP contribution is 2.32. The van der Waals surface area contributed by atoms with Crippen molar-refractivity contribution in [3.05, 3.63) is 23.9 Å². The molecule has 0 spiro atoms. The van der Waals surface area contributed by atoms with Gasteiger partial charge in [0, 0.05) is 43.7 Å². The SMILES string of the molecule is CN(C(=O)OC(C)(C)C)C1CCC(Nc2ccc3c(C4CCC(=O)NC4=O)nn(C)c3c2)CC1. The highest BCUT2D eigenvalue weighted by Gasteiger charge is 2.32. The van der Waals surface area contributed by atoms with Gasteiger partial charge < -0.3 is 15.0 Å². The maximum absolute atomic E-state index is 12.4. The van der Waals surface area contributed by atoms with Crippen molar-refractivity contribution in [2.75, 3.05) is 12.4 Å². The van der Waals surface area contributed by atoms with Crippen molar-refractivity contribution in [3.8, 4) is 0 Å². The van der Waals surface area contributed by atoms with Crippen LogP contribution in [0, 0.1) is 0 Å². The van der Waals surface area contributed by atoms with Gasteiger partial charge in [0.05, 0.1) is 17.1 Å². The minimum atomic E-state index is -0.493. The van der Waals surface area contributed by atoms with Gasteiger partial charge in [-0.1, -0.05) is 0 Å². The number of rotatable bonds is 4. The van der Waals surface area contributed by atoms with E-state index in [-0.39, 0.29) is 23.9 Å². The molecule has 1 saturated heterocycles. The number of aromatic nitrogens is 2. The molecule has 9 heteroatoms. The van der Waals surface area contributed by atoms with Crippen LogP contribution in [0.3, 0.4) is 0 Å². The summed E-state index contributed by atoms with van der Waals surface area (Å²) in [5.74, 6) is -0.899. The van der Waals surface area contributed by atoms with Crippen molar-refractivity contribution in [1.29, 1.82) is 0 Å². The third-order valence-electron chi connectivity index (χ3n) is 6.75. The number of imide groups is 1. The first-order chi connectivity index (χ1) is 16.0. The Bertz CT molecular complexity index is 1090. The van der Waals surface area contributed by atoms with E-state index in [2.05, 4.69) is 21.8 Å². The predicted octanol–water partition coefficient (Wildman–Crippen LogP) is 3.68. The maximum atomic E-state index is 12.4. The molecule has 184 valence electrons. The average Bonchev–Trinajstić information content (AvgIpc) is 3.08. The van der Waals surface area contributed by atoms with E-state index in [1.165, 1.54) is 0 Å². The van der Waals surface area contributed by atoms with Gasteiger partial charge in [0.2, 0.25) is 11.8 Å². The lowest BCUT2D eigenvalue weighted by atomic mass is 9.90. The topological polar surface area (TPSA) is 106 Å². The van der Waals surface area contributed by atoms with Gasteiger partial charge in [-0.3, -0.25) is 19.6 Å². The Hall–Kier alpha value is -3.10. The fourth-order valence-electron chi connectivity index (χ4n) is 4.91. The number of nitrogens with zero attached hydrogens (tertiary/aromatic N) is 3. The van der Waals surface area contributed by atoms with E-state index in [1.54, 1.807) is 9.58 Å². The second-order valence-corrected chi connectivity index (χ2v) is 10.5. The molecule has 2 aromatic rings. The molecule has 1 aromatic carbocycles. The Morgan fingerprint density at radius 3 is 2.53 bits per heavy atom. The lowest BCUT2D eigenvalue weighted by molar-refractivity contribution is -0.134. The fraction of sp³-hybridized carbons (Fsp3) is 0.600. The smallest absolute Gasteiger partial charge is 0.410 e. The molecule has 0 radical (unpaired) electrons. The third-order valence-corrected chi connectivity index (χ3v) is 6.75. The number of hydrogen-bond acceptors (Lipinski definition) is 6. The van der Waals surface area contributed by atoms with Gasteiger partial charge in [-0.05, 0) is 71.1 Å². The van der Waals surface area contributed by atoms with Crippen LogP contribution in [0.1, 0.15) is 70.9 Å². The zero-order valence-electron chi connectivity index (χ0n) is 20.7. The Morgan fingerprint density at radius 1 is 1.18 bits per heavy atom. The molecular weight excluding hydrogens is 434 g/mol. The largest absolute Gasteiger partial charge is 0.444 e. The molecule has 4 rings (SSSR count). The van der Waals surface area contributed by atoms with E-state index >= 15 is 0 Å². The molecular formula is C25H35N5O4. The number of anilines is 1. The number of benzene rings is 1. The molecule has 2 aliphatic rings. The van der Waals surface area contributed by atoms with Crippen LogP contribution >= 0.6 is 0 Å². The van der Waals surface area contributed by atoms with Gasteiger partial charge in [0.1, 0.15) is 5.60 Å². The molecule has 2 heterocycles. The third kappa shape index (κ3) is 5.18. The summed E-state index contributed by atoms with van der Waals surface area (Å²) < 4.78 is 7.30. The minimum absolute atomic E-state index is 0.184. The van der Waals surface area contributed by atoms with Crippen molar-refractivity contribution in [2.45, 2.75) is 82.9 Å². The zero-order chi connectivity index (χ0) is 24.6. The van der Waals surface area contributed by atoms with Gasteiger partial charge >= 0.3 is 6.09 Å². The van der Waals surface area contributed by atoms with E-state index in [9.17, 15) is 14.4 Å². The van der Waals surface area contributed by atoms with Crippen LogP contribution in [0.5, 0.6) is 0 Å². The summed E-state index contributed by atoms with van der Waals surface area (Å²) in [6.45, 7) is 5.64. The molecule has 34 heavy (non-hydrogen) atoms. The molecule has 2 fully saturated rings. The summed E-state index contributed by atoms with van der Waals surface area (Å²) in [6.07, 6.45) is 4.31. The monoisotopic (exact) mass is 469 g/mol. The van der Waals surface area contributed by atoms with Crippen LogP contribution in [0.2, 0.25) is 0 Å². The Kier molecular flexibility index (Phi) is 6.55. The Morgan fingerprint density at radius 2 is 1.88 bits per heavy atom. The lowest BCUT2D eigenvalue weighted by Crippen LogP contribution is -2.43. The molecule has 1 atom stereocenters. The van der Waals surface area contributed by atoms with Crippen LogP contribution in [0.25, 0.3) is 10.9 Å². The van der Waals surface area contributed by atoms with Crippen LogP contribution in [-0.2, 0) is 21.4 Å². The molecule has 1 aromatic heterocycles. The maximum Gasteiger partial charge on any atom is 0.410 e. The van der Waals surface area contributed by atoms with Crippen molar-refractivity contribution in [2.24, 2.45) is 7.05 Å². The number of fused-ring (bicyclic) bond motifs is 1. The number of hydrogen-bond donors (Lipinski definition) is 2. The number of carbonyl (C=O) groups excluding carboxylic acids is 3. The Balaban J connectivity index is 1.39. The summed E-state index contributed by atoms with van der Waals surface area (Å²) in [6, 6.07) is 6.60. The summed E-state index contributed by atoms with van der Waals surface area (Å²) in [7, 11) is 3.70. The van der Waals surface area contributed by atoms with Gasteiger partial charge in [-0.2, -0.15) is 5.10 Å². The van der Waals surface area contributed by atoms with Gasteiger partial charge in [0.25, 0.3) is 0 Å². The summed E-state index contributed by atoms with van der Waals surface area (Å²) >= 11 is 0. The minimum Gasteiger partial charge on any atom is -0.444 e. The first kappa shape index (κ1) is 24.0. The van der Waals surface area contributed by atoms with Gasteiger partial charge in [0.15, 0.2) is 0 Å². The summed E-state index contributed by atoms with van der Waals surface area (Å²) in [4.78, 5) is 38.0. The van der Waals surface area contributed by atoms with Gasteiger partial charge in [-0.15, -0.1) is 0 Å². The summed E-state index contributed by atoms with van der Waals surface area (Å²) in [5, 5.41) is 11.6. The molecule has 9 nitrogen and oxygen atoms in total. The van der Waals surface area contributed by atoms with Crippen LogP contribution in [0.4, 0.5) is 10.5 Å². The van der Waals surface area contributed by atoms with E-state index in [0.717, 1.165) is 48.0 Å². The number of carbonyl (C=O) groups is 3. The molecule has 3 amide bonds. The van der Waals surface area contributed by atoms with Crippen LogP contribution in [-0.4, -0.2) is 57.3 Å². The number of piperidine rings is 1. The number of nitrogens with one attached hydrogen (secondary N) is 2. The molecule has 1 aliphatic carbocycles. The zero-order valence-corrected chi connectivity index (χ0v) is 20.7. The van der Waals surface area contributed by atoms with E-state index in [0.29, 0.717) is 18.9 Å². The molecule has 2 N–H and O–H groups in total. The van der Waals surface area contributed by atoms with E-state index in [1.807, 2.05) is 47.0 Å². The number of ether oxygens (including phenoxy) is 1. The Labute approximate surface area is 200 Å². The predicted molar refractivity (Wildman–Crippen MR) is 130 cm³/mol. The average molecular weight is 470 g/mol. The number of amides is 3. The van der Waals surface area contributed by atoms with E-state index < -0.39 is 11.5 Å². The van der Waals surface area contributed by atoms with Crippen LogP contribution in [0.15, 0.2) is 18.2 Å². The quantitative estimate of drug-likeness (QED) is 0.662. The number of aryl methyl sites for hydroxylation is 1. The van der Waals surface area contributed by atoms with E-state index in [4.69, 9.17) is 4.74 Å². The highest BCUT2D eigenvalue weighted by molar-refractivity contribution is 6.02. The van der Waals surface area contributed by atoms with Crippen LogP contribution < -0.4 is 10.6 Å². The second-order valence-electron chi connectivity index (χ2n) is 10.5. The van der Waals surface area contributed by atoms with Crippen molar-refractivity contribution < 1.29 is 19.1 Å². The molecule has 1 saturated carbocycles. The first-order valence-corrected chi connectivity index (χ1v) is 12.0. The van der Waals surface area contributed by atoms with Crippen molar-refractivity contribution in [3.63, 3.8) is 0 Å². The first-order valence-electron chi connectivity index (χ1n) is 12.0. The van der Waals surface area contributed by atoms with Crippen molar-refractivity contribution in [1.82, 2.24) is 20.0 Å².